The lowest BCUT2D eigenvalue weighted by Crippen LogP contribution is -2.21. The number of hydrogen-bond acceptors (Lipinski definition) is 7. The molecule has 220 valence electrons. The lowest BCUT2D eigenvalue weighted by Gasteiger charge is -2.11. The van der Waals surface area contributed by atoms with E-state index in [4.69, 9.17) is 14.6 Å². The van der Waals surface area contributed by atoms with Crippen LogP contribution in [-0.2, 0) is 13.1 Å². The Labute approximate surface area is 266 Å². The fourth-order valence-corrected chi connectivity index (χ4v) is 4.47. The molecule has 10 nitrogen and oxygen atoms in total. The summed E-state index contributed by atoms with van der Waals surface area (Å²) >= 11 is 9.76. The molecule has 0 radical (unpaired) electrons. The summed E-state index contributed by atoms with van der Waals surface area (Å²) in [4.78, 5) is 39.9. The lowest BCUT2D eigenvalue weighted by atomic mass is 10.2. The first kappa shape index (κ1) is 33.0. The second-order valence-corrected chi connectivity index (χ2v) is 11.1. The Kier molecular flexibility index (Phi) is 13.2. The number of nitrogens with one attached hydrogen (secondary N) is 1. The number of aromatic nitrogens is 4. The number of halogens is 3. The van der Waals surface area contributed by atoms with E-state index >= 15 is 0 Å². The summed E-state index contributed by atoms with van der Waals surface area (Å²) in [5.41, 5.74) is 0.582. The molecule has 0 saturated heterocycles. The minimum absolute atomic E-state index is 0.0175. The van der Waals surface area contributed by atoms with Gasteiger partial charge in [-0.2, -0.15) is 0 Å². The zero-order chi connectivity index (χ0) is 30.5. The smallest absolute Gasteiger partial charge is 0.250 e. The van der Waals surface area contributed by atoms with Crippen LogP contribution < -0.4 is 26.2 Å². The molecule has 2 N–H and O–H groups in total. The van der Waals surface area contributed by atoms with Gasteiger partial charge in [0.15, 0.2) is 0 Å². The highest BCUT2D eigenvalue weighted by Crippen LogP contribution is 2.27. The molecular weight excluding hydrogens is 740 g/mol. The summed E-state index contributed by atoms with van der Waals surface area (Å²) in [7, 11) is 1.62. The number of aliphatic hydroxyl groups excluding tert-OH is 1. The highest BCUT2D eigenvalue weighted by Gasteiger charge is 2.05. The highest BCUT2D eigenvalue weighted by atomic mass is 79.9. The van der Waals surface area contributed by atoms with Gasteiger partial charge in [-0.1, -0.05) is 0 Å². The van der Waals surface area contributed by atoms with Gasteiger partial charge in [-0.05, 0) is 84.2 Å². The number of pyridine rings is 4. The van der Waals surface area contributed by atoms with E-state index < -0.39 is 0 Å². The van der Waals surface area contributed by atoms with Crippen LogP contribution in [0.2, 0.25) is 0 Å². The van der Waals surface area contributed by atoms with Crippen LogP contribution in [0.3, 0.4) is 0 Å². The van der Waals surface area contributed by atoms with Crippen molar-refractivity contribution in [2.75, 3.05) is 20.3 Å². The molecule has 0 fully saturated rings. The average molecular weight is 767 g/mol. The van der Waals surface area contributed by atoms with Gasteiger partial charge in [0, 0.05) is 74.4 Å². The molecule has 13 heteroatoms. The lowest BCUT2D eigenvalue weighted by molar-refractivity contribution is 0.274. The second-order valence-electron chi connectivity index (χ2n) is 8.39. The number of rotatable bonds is 7. The van der Waals surface area contributed by atoms with Gasteiger partial charge in [0.25, 0.3) is 11.1 Å². The van der Waals surface area contributed by atoms with Crippen molar-refractivity contribution < 1.29 is 14.6 Å². The third kappa shape index (κ3) is 10.4. The molecule has 0 aliphatic rings. The van der Waals surface area contributed by atoms with Crippen molar-refractivity contribution in [2.45, 2.75) is 13.1 Å². The first-order valence-corrected chi connectivity index (χ1v) is 14.8. The largest absolute Gasteiger partial charge is 0.497 e. The van der Waals surface area contributed by atoms with Gasteiger partial charge >= 0.3 is 0 Å². The van der Waals surface area contributed by atoms with E-state index in [-0.39, 0.29) is 23.3 Å². The maximum Gasteiger partial charge on any atom is 0.250 e. The summed E-state index contributed by atoms with van der Waals surface area (Å²) in [6.45, 7) is 1.19. The Morgan fingerprint density at radius 3 is 2.05 bits per heavy atom. The van der Waals surface area contributed by atoms with Crippen LogP contribution in [0, 0.1) is 0 Å². The van der Waals surface area contributed by atoms with E-state index in [1.165, 1.54) is 22.8 Å². The molecule has 0 bridgehead atoms. The first-order chi connectivity index (χ1) is 20.2. The van der Waals surface area contributed by atoms with Crippen LogP contribution in [0.15, 0.2) is 113 Å². The maximum atomic E-state index is 11.8. The van der Waals surface area contributed by atoms with Crippen LogP contribution in [0.4, 0.5) is 0 Å². The van der Waals surface area contributed by atoms with Crippen LogP contribution in [0.5, 0.6) is 11.5 Å². The Morgan fingerprint density at radius 1 is 0.833 bits per heavy atom. The summed E-state index contributed by atoms with van der Waals surface area (Å²) < 4.78 is 16.7. The number of benzene rings is 1. The third-order valence-corrected chi connectivity index (χ3v) is 6.91. The highest BCUT2D eigenvalue weighted by molar-refractivity contribution is 9.11. The summed E-state index contributed by atoms with van der Waals surface area (Å²) in [5, 5.41) is 9.47. The van der Waals surface area contributed by atoms with Gasteiger partial charge in [0.1, 0.15) is 18.1 Å². The summed E-state index contributed by atoms with van der Waals surface area (Å²) in [6, 6.07) is 17.0. The Bertz CT molecular complexity index is 1770. The zero-order valence-corrected chi connectivity index (χ0v) is 27.1. The molecule has 0 atom stereocenters. The van der Waals surface area contributed by atoms with Crippen molar-refractivity contribution in [3.05, 3.63) is 130 Å². The molecule has 0 unspecified atom stereocenters. The Balaban J connectivity index is 0.000000210. The van der Waals surface area contributed by atoms with Crippen LogP contribution in [0.1, 0.15) is 0 Å². The van der Waals surface area contributed by atoms with Gasteiger partial charge in [-0.3, -0.25) is 19.4 Å². The van der Waals surface area contributed by atoms with Crippen LogP contribution in [-0.4, -0.2) is 44.5 Å². The van der Waals surface area contributed by atoms with E-state index in [1.54, 1.807) is 54.7 Å². The van der Waals surface area contributed by atoms with E-state index in [1.807, 2.05) is 24.3 Å². The molecule has 5 rings (SSSR count). The minimum atomic E-state index is -0.0951. The molecule has 4 aromatic heterocycles. The molecule has 1 aromatic carbocycles. The number of aliphatic hydroxyl groups is 1. The van der Waals surface area contributed by atoms with Crippen molar-refractivity contribution >= 4 is 58.7 Å². The van der Waals surface area contributed by atoms with Crippen molar-refractivity contribution in [2.24, 2.45) is 0 Å². The number of aromatic amines is 1. The molecular formula is C29H27Br3N4O6. The number of nitrogens with zero attached hydrogens (tertiary/aromatic N) is 3. The van der Waals surface area contributed by atoms with Gasteiger partial charge in [0.2, 0.25) is 5.56 Å². The molecule has 0 aliphatic heterocycles. The van der Waals surface area contributed by atoms with E-state index in [0.717, 1.165) is 35.8 Å². The van der Waals surface area contributed by atoms with Crippen LogP contribution in [0.25, 0.3) is 10.9 Å². The molecule has 0 spiro atoms. The second kappa shape index (κ2) is 16.8. The Hall–Kier alpha value is -3.52. The Morgan fingerprint density at radius 2 is 1.48 bits per heavy atom. The maximum absolute atomic E-state index is 11.8. The average Bonchev–Trinajstić information content (AvgIpc) is 2.99. The molecule has 42 heavy (non-hydrogen) atoms. The number of fused-ring (bicyclic) bond motifs is 1. The third-order valence-electron chi connectivity index (χ3n) is 5.48. The summed E-state index contributed by atoms with van der Waals surface area (Å²) in [5.74, 6) is 1.49. The molecule has 0 aliphatic carbocycles. The SMILES string of the molecule is COc1ccc2c(OCCn3cc(Br)ccc3=O)ccnc2c1.O=c1ccc(Br)c[nH]1.O=c1ccc(Br)cn1CCO. The summed E-state index contributed by atoms with van der Waals surface area (Å²) in [6.07, 6.45) is 6.70. The van der Waals surface area contributed by atoms with E-state index in [0.29, 0.717) is 19.7 Å². The van der Waals surface area contributed by atoms with Crippen molar-refractivity contribution in [3.63, 3.8) is 0 Å². The number of ether oxygens (including phenoxy) is 2. The minimum Gasteiger partial charge on any atom is -0.497 e. The van der Waals surface area contributed by atoms with Crippen LogP contribution >= 0.6 is 47.8 Å². The number of methoxy groups -OCH3 is 1. The van der Waals surface area contributed by atoms with Crippen molar-refractivity contribution in [3.8, 4) is 11.5 Å². The quantitative estimate of drug-likeness (QED) is 0.239. The fraction of sp³-hybridized carbons (Fsp3) is 0.172. The van der Waals surface area contributed by atoms with Crippen molar-refractivity contribution in [1.29, 1.82) is 0 Å². The van der Waals surface area contributed by atoms with Crippen molar-refractivity contribution in [1.82, 2.24) is 19.1 Å². The molecule has 0 amide bonds. The monoisotopic (exact) mass is 764 g/mol. The van der Waals surface area contributed by atoms with Gasteiger partial charge < -0.3 is 28.7 Å². The fourth-order valence-electron chi connectivity index (χ4n) is 3.46. The van der Waals surface area contributed by atoms with Gasteiger partial charge in [-0.15, -0.1) is 0 Å². The van der Waals surface area contributed by atoms with E-state index in [9.17, 15) is 14.4 Å². The molecule has 5 aromatic rings. The first-order valence-electron chi connectivity index (χ1n) is 12.4. The zero-order valence-electron chi connectivity index (χ0n) is 22.4. The molecule has 0 saturated carbocycles. The number of H-pyrrole nitrogens is 1. The predicted molar refractivity (Wildman–Crippen MR) is 172 cm³/mol. The number of hydrogen-bond donors (Lipinski definition) is 2. The predicted octanol–water partition coefficient (Wildman–Crippen LogP) is 4.99. The van der Waals surface area contributed by atoms with Gasteiger partial charge in [-0.25, -0.2) is 0 Å². The topological polar surface area (TPSA) is 128 Å². The normalized spacial score (nSPS) is 10.2. The van der Waals surface area contributed by atoms with E-state index in [2.05, 4.69) is 57.8 Å². The molecule has 4 heterocycles. The van der Waals surface area contributed by atoms with Gasteiger partial charge in [0.05, 0.1) is 25.8 Å². The standard InChI is InChI=1S/C17H15BrN2O3.C7H8BrNO2.C5H4BrNO/c1-22-13-3-4-14-15(10-13)19-7-6-16(14)23-9-8-20-11-12(18)2-5-17(20)21;8-6-1-2-7(11)9(5-6)3-4-10;6-4-1-2-5(8)7-3-4/h2-7,10-11H,8-9H2,1H3;1-2,5,10H,3-4H2;1-3H,(H,7,8).